The highest BCUT2D eigenvalue weighted by Crippen LogP contribution is 2.38. The van der Waals surface area contributed by atoms with E-state index in [0.717, 1.165) is 37.9 Å². The molecule has 3 rings (SSSR count). The predicted molar refractivity (Wildman–Crippen MR) is 86.9 cm³/mol. The first-order chi connectivity index (χ1) is 10.7. The van der Waals surface area contributed by atoms with Crippen LogP contribution in [0.25, 0.3) is 0 Å². The molecule has 4 nitrogen and oxygen atoms in total. The van der Waals surface area contributed by atoms with Crippen LogP contribution in [0.3, 0.4) is 0 Å². The van der Waals surface area contributed by atoms with Gasteiger partial charge in [-0.1, -0.05) is 23.7 Å². The number of hydrogen-bond acceptors (Lipinski definition) is 3. The highest BCUT2D eigenvalue weighted by Gasteiger charge is 2.45. The molecule has 2 aliphatic rings. The molecule has 0 aromatic heterocycles. The standard InChI is InChI=1S/C17H23ClN2O2/c18-15-3-1-14(2-4-15)17(6-9-22-10-7-17)16(21)20-8-5-13(11-19)12-20/h1-4,13H,5-12,19H2/t13-/m0/s1. The number of nitrogens with zero attached hydrogens (tertiary/aromatic N) is 1. The van der Waals surface area contributed by atoms with Crippen LogP contribution in [0.1, 0.15) is 24.8 Å². The van der Waals surface area contributed by atoms with Gasteiger partial charge in [-0.25, -0.2) is 0 Å². The zero-order chi connectivity index (χ0) is 15.6. The Morgan fingerprint density at radius 2 is 2.00 bits per heavy atom. The van der Waals surface area contributed by atoms with Crippen molar-refractivity contribution in [1.29, 1.82) is 0 Å². The van der Waals surface area contributed by atoms with Crippen molar-refractivity contribution in [2.45, 2.75) is 24.7 Å². The van der Waals surface area contributed by atoms with Crippen molar-refractivity contribution >= 4 is 17.5 Å². The summed E-state index contributed by atoms with van der Waals surface area (Å²) in [4.78, 5) is 15.3. The molecular formula is C17H23ClN2O2. The van der Waals surface area contributed by atoms with Crippen LogP contribution in [0.15, 0.2) is 24.3 Å². The van der Waals surface area contributed by atoms with Gasteiger partial charge in [0.05, 0.1) is 5.41 Å². The monoisotopic (exact) mass is 322 g/mol. The van der Waals surface area contributed by atoms with E-state index in [1.165, 1.54) is 0 Å². The van der Waals surface area contributed by atoms with Crippen LogP contribution in [0.4, 0.5) is 0 Å². The van der Waals surface area contributed by atoms with Crippen LogP contribution < -0.4 is 5.73 Å². The molecule has 0 unspecified atom stereocenters. The number of benzene rings is 1. The minimum Gasteiger partial charge on any atom is -0.381 e. The van der Waals surface area contributed by atoms with E-state index in [4.69, 9.17) is 22.1 Å². The van der Waals surface area contributed by atoms with Crippen molar-refractivity contribution < 1.29 is 9.53 Å². The van der Waals surface area contributed by atoms with Crippen molar-refractivity contribution in [2.75, 3.05) is 32.8 Å². The molecule has 2 fully saturated rings. The molecule has 2 N–H and O–H groups in total. The number of carbonyl (C=O) groups is 1. The number of amides is 1. The van der Waals surface area contributed by atoms with Gasteiger partial charge in [0, 0.05) is 31.3 Å². The third kappa shape index (κ3) is 2.87. The number of likely N-dealkylation sites (tertiary alicyclic amines) is 1. The number of halogens is 1. The molecule has 0 spiro atoms. The third-order valence-electron chi connectivity index (χ3n) is 5.06. The highest BCUT2D eigenvalue weighted by molar-refractivity contribution is 6.30. The molecule has 2 aliphatic heterocycles. The largest absolute Gasteiger partial charge is 0.381 e. The van der Waals surface area contributed by atoms with Gasteiger partial charge >= 0.3 is 0 Å². The first-order valence-electron chi connectivity index (χ1n) is 7.99. The van der Waals surface area contributed by atoms with Gasteiger partial charge in [-0.15, -0.1) is 0 Å². The number of nitrogens with two attached hydrogens (primary N) is 1. The first-order valence-corrected chi connectivity index (χ1v) is 8.37. The molecule has 2 saturated heterocycles. The fraction of sp³-hybridized carbons (Fsp3) is 0.588. The van der Waals surface area contributed by atoms with Gasteiger partial charge in [0.25, 0.3) is 0 Å². The maximum absolute atomic E-state index is 13.3. The Kier molecular flexibility index (Phi) is 4.71. The zero-order valence-electron chi connectivity index (χ0n) is 12.8. The van der Waals surface area contributed by atoms with E-state index in [1.807, 2.05) is 29.2 Å². The van der Waals surface area contributed by atoms with E-state index >= 15 is 0 Å². The summed E-state index contributed by atoms with van der Waals surface area (Å²) in [6, 6.07) is 7.71. The van der Waals surface area contributed by atoms with Crippen LogP contribution in [-0.4, -0.2) is 43.7 Å². The lowest BCUT2D eigenvalue weighted by Gasteiger charge is -2.39. The molecule has 1 aromatic rings. The van der Waals surface area contributed by atoms with Crippen molar-refractivity contribution in [3.05, 3.63) is 34.9 Å². The third-order valence-corrected chi connectivity index (χ3v) is 5.31. The molecule has 1 aromatic carbocycles. The second-order valence-corrected chi connectivity index (χ2v) is 6.78. The van der Waals surface area contributed by atoms with Crippen molar-refractivity contribution in [1.82, 2.24) is 4.90 Å². The lowest BCUT2D eigenvalue weighted by atomic mass is 9.73. The Morgan fingerprint density at radius 3 is 2.59 bits per heavy atom. The number of ether oxygens (including phenoxy) is 1. The Morgan fingerprint density at radius 1 is 1.32 bits per heavy atom. The van der Waals surface area contributed by atoms with Crippen molar-refractivity contribution in [3.63, 3.8) is 0 Å². The summed E-state index contributed by atoms with van der Waals surface area (Å²) < 4.78 is 5.51. The summed E-state index contributed by atoms with van der Waals surface area (Å²) in [6.45, 7) is 3.51. The second-order valence-electron chi connectivity index (χ2n) is 6.34. The summed E-state index contributed by atoms with van der Waals surface area (Å²) in [5.74, 6) is 0.667. The molecular weight excluding hydrogens is 300 g/mol. The van der Waals surface area contributed by atoms with Gasteiger partial charge < -0.3 is 15.4 Å². The number of carbonyl (C=O) groups excluding carboxylic acids is 1. The van der Waals surface area contributed by atoms with Gasteiger partial charge in [-0.05, 0) is 49.4 Å². The SMILES string of the molecule is NC[C@@H]1CCN(C(=O)C2(c3ccc(Cl)cc3)CCOCC2)C1. The number of hydrogen-bond donors (Lipinski definition) is 1. The van der Waals surface area contributed by atoms with Crippen molar-refractivity contribution in [3.8, 4) is 0 Å². The van der Waals surface area contributed by atoms with E-state index in [9.17, 15) is 4.79 Å². The Balaban J connectivity index is 1.89. The van der Waals surface area contributed by atoms with Crippen LogP contribution in [-0.2, 0) is 14.9 Å². The molecule has 1 atom stereocenters. The van der Waals surface area contributed by atoms with E-state index in [1.54, 1.807) is 0 Å². The Hall–Kier alpha value is -1.10. The van der Waals surface area contributed by atoms with Crippen molar-refractivity contribution in [2.24, 2.45) is 11.7 Å². The Bertz CT molecular complexity index is 526. The van der Waals surface area contributed by atoms with Gasteiger partial charge in [0.2, 0.25) is 5.91 Å². The fourth-order valence-corrected chi connectivity index (χ4v) is 3.75. The second kappa shape index (κ2) is 6.57. The average molecular weight is 323 g/mol. The first kappa shape index (κ1) is 15.8. The van der Waals surface area contributed by atoms with Gasteiger partial charge in [-0.3, -0.25) is 4.79 Å². The summed E-state index contributed by atoms with van der Waals surface area (Å²) in [5.41, 5.74) is 6.35. The fourth-order valence-electron chi connectivity index (χ4n) is 3.63. The van der Waals surface area contributed by atoms with Crippen LogP contribution in [0, 0.1) is 5.92 Å². The summed E-state index contributed by atoms with van der Waals surface area (Å²) in [5, 5.41) is 0.697. The molecule has 22 heavy (non-hydrogen) atoms. The molecule has 0 aliphatic carbocycles. The maximum atomic E-state index is 13.3. The molecule has 1 amide bonds. The van der Waals surface area contributed by atoms with Gasteiger partial charge in [0.15, 0.2) is 0 Å². The summed E-state index contributed by atoms with van der Waals surface area (Å²) in [6.07, 6.45) is 2.48. The summed E-state index contributed by atoms with van der Waals surface area (Å²) >= 11 is 6.01. The van der Waals surface area contributed by atoms with E-state index in [0.29, 0.717) is 30.7 Å². The van der Waals surface area contributed by atoms with Crippen LogP contribution >= 0.6 is 11.6 Å². The van der Waals surface area contributed by atoms with E-state index in [-0.39, 0.29) is 5.91 Å². The molecule has 120 valence electrons. The van der Waals surface area contributed by atoms with Crippen LogP contribution in [0.5, 0.6) is 0 Å². The normalized spacial score (nSPS) is 24.5. The van der Waals surface area contributed by atoms with Gasteiger partial charge in [-0.2, -0.15) is 0 Å². The number of rotatable bonds is 3. The average Bonchev–Trinajstić information content (AvgIpc) is 3.04. The minimum atomic E-state index is -0.466. The molecule has 5 heteroatoms. The topological polar surface area (TPSA) is 55.6 Å². The quantitative estimate of drug-likeness (QED) is 0.928. The zero-order valence-corrected chi connectivity index (χ0v) is 13.5. The predicted octanol–water partition coefficient (Wildman–Crippen LogP) is 2.20. The molecule has 0 radical (unpaired) electrons. The highest BCUT2D eigenvalue weighted by atomic mass is 35.5. The lowest BCUT2D eigenvalue weighted by Crippen LogP contribution is -2.49. The molecule has 2 heterocycles. The summed E-state index contributed by atoms with van der Waals surface area (Å²) in [7, 11) is 0. The van der Waals surface area contributed by atoms with E-state index < -0.39 is 5.41 Å². The van der Waals surface area contributed by atoms with E-state index in [2.05, 4.69) is 0 Å². The molecule has 0 saturated carbocycles. The van der Waals surface area contributed by atoms with Crippen LogP contribution in [0.2, 0.25) is 5.02 Å². The maximum Gasteiger partial charge on any atom is 0.233 e. The Labute approximate surface area is 136 Å². The molecule has 0 bridgehead atoms. The smallest absolute Gasteiger partial charge is 0.233 e. The lowest BCUT2D eigenvalue weighted by molar-refractivity contribution is -0.140. The van der Waals surface area contributed by atoms with Gasteiger partial charge in [0.1, 0.15) is 0 Å². The minimum absolute atomic E-state index is 0.231.